The highest BCUT2D eigenvalue weighted by Crippen LogP contribution is 2.11. The minimum Gasteiger partial charge on any atom is -0.356 e. The molecule has 0 fully saturated rings. The van der Waals surface area contributed by atoms with E-state index in [1.165, 1.54) is 13.1 Å². The van der Waals surface area contributed by atoms with E-state index in [-0.39, 0.29) is 5.91 Å². The molecule has 0 spiro atoms. The standard InChI is InChI=1S/C10H16N4O/c1-4-14(5-2)10-7-11-6-9(13-10)12-8(3)15/h6-7H,4-5H2,1-3H3,(H,12,13,15). The van der Waals surface area contributed by atoms with Gasteiger partial charge < -0.3 is 10.2 Å². The lowest BCUT2D eigenvalue weighted by Crippen LogP contribution is -2.23. The number of nitrogens with one attached hydrogen (secondary N) is 1. The second-order valence-electron chi connectivity index (χ2n) is 3.12. The van der Waals surface area contributed by atoms with E-state index < -0.39 is 0 Å². The SMILES string of the molecule is CCN(CC)c1cncc(NC(C)=O)n1. The number of amides is 1. The average Bonchev–Trinajstić information content (AvgIpc) is 2.19. The van der Waals surface area contributed by atoms with Gasteiger partial charge in [-0.25, -0.2) is 4.98 Å². The molecule has 0 aromatic carbocycles. The average molecular weight is 208 g/mol. The predicted molar refractivity (Wildman–Crippen MR) is 59.9 cm³/mol. The zero-order valence-electron chi connectivity index (χ0n) is 9.32. The van der Waals surface area contributed by atoms with Gasteiger partial charge in [-0.3, -0.25) is 9.78 Å². The van der Waals surface area contributed by atoms with Crippen LogP contribution in [0.15, 0.2) is 12.4 Å². The molecular formula is C10H16N4O. The maximum atomic E-state index is 10.8. The fourth-order valence-corrected chi connectivity index (χ4v) is 1.30. The van der Waals surface area contributed by atoms with E-state index >= 15 is 0 Å². The van der Waals surface area contributed by atoms with Gasteiger partial charge >= 0.3 is 0 Å². The molecule has 0 bridgehead atoms. The summed E-state index contributed by atoms with van der Waals surface area (Å²) in [7, 11) is 0. The van der Waals surface area contributed by atoms with Crippen molar-refractivity contribution in [1.29, 1.82) is 0 Å². The molecule has 0 saturated heterocycles. The van der Waals surface area contributed by atoms with Crippen LogP contribution in [0, 0.1) is 0 Å². The summed E-state index contributed by atoms with van der Waals surface area (Å²) in [4.78, 5) is 21.2. The minimum absolute atomic E-state index is 0.138. The molecule has 1 heterocycles. The molecule has 1 N–H and O–H groups in total. The topological polar surface area (TPSA) is 58.1 Å². The normalized spacial score (nSPS) is 9.80. The number of nitrogens with zero attached hydrogens (tertiary/aromatic N) is 3. The Morgan fingerprint density at radius 2 is 2.07 bits per heavy atom. The summed E-state index contributed by atoms with van der Waals surface area (Å²) in [6.45, 7) is 7.29. The molecule has 82 valence electrons. The first-order valence-electron chi connectivity index (χ1n) is 5.02. The minimum atomic E-state index is -0.138. The van der Waals surface area contributed by atoms with E-state index in [4.69, 9.17) is 0 Å². The maximum absolute atomic E-state index is 10.8. The van der Waals surface area contributed by atoms with Crippen molar-refractivity contribution in [3.05, 3.63) is 12.4 Å². The van der Waals surface area contributed by atoms with Gasteiger partial charge in [0.15, 0.2) is 5.82 Å². The van der Waals surface area contributed by atoms with Crippen molar-refractivity contribution in [3.8, 4) is 0 Å². The fourth-order valence-electron chi connectivity index (χ4n) is 1.30. The van der Waals surface area contributed by atoms with Crippen molar-refractivity contribution in [3.63, 3.8) is 0 Å². The van der Waals surface area contributed by atoms with Gasteiger partial charge in [-0.15, -0.1) is 0 Å². The lowest BCUT2D eigenvalue weighted by molar-refractivity contribution is -0.114. The van der Waals surface area contributed by atoms with E-state index in [1.807, 2.05) is 0 Å². The number of anilines is 2. The molecule has 0 unspecified atom stereocenters. The number of aromatic nitrogens is 2. The van der Waals surface area contributed by atoms with Gasteiger partial charge in [0.05, 0.1) is 12.4 Å². The van der Waals surface area contributed by atoms with Gasteiger partial charge in [0, 0.05) is 20.0 Å². The molecule has 0 aliphatic carbocycles. The molecule has 15 heavy (non-hydrogen) atoms. The Bertz CT molecular complexity index is 336. The third-order valence-corrected chi connectivity index (χ3v) is 2.01. The molecule has 5 heteroatoms. The Morgan fingerprint density at radius 1 is 1.40 bits per heavy atom. The van der Waals surface area contributed by atoms with Crippen LogP contribution in [-0.2, 0) is 4.79 Å². The first kappa shape index (κ1) is 11.4. The van der Waals surface area contributed by atoms with Gasteiger partial charge in [-0.05, 0) is 13.8 Å². The first-order chi connectivity index (χ1) is 7.17. The molecule has 1 rings (SSSR count). The summed E-state index contributed by atoms with van der Waals surface area (Å²) in [5.74, 6) is 1.14. The molecule has 0 aliphatic heterocycles. The number of carbonyl (C=O) groups excluding carboxylic acids is 1. The second kappa shape index (κ2) is 5.29. The zero-order valence-corrected chi connectivity index (χ0v) is 9.32. The van der Waals surface area contributed by atoms with Crippen molar-refractivity contribution >= 4 is 17.5 Å². The van der Waals surface area contributed by atoms with Gasteiger partial charge in [0.2, 0.25) is 5.91 Å². The molecular weight excluding hydrogens is 192 g/mol. The summed E-state index contributed by atoms with van der Waals surface area (Å²) in [6, 6.07) is 0. The Balaban J connectivity index is 2.86. The van der Waals surface area contributed by atoms with Crippen LogP contribution in [-0.4, -0.2) is 29.0 Å². The van der Waals surface area contributed by atoms with E-state index in [1.54, 1.807) is 6.20 Å². The molecule has 0 saturated carbocycles. The summed E-state index contributed by atoms with van der Waals surface area (Å²) in [5, 5.41) is 2.61. The summed E-state index contributed by atoms with van der Waals surface area (Å²) in [6.07, 6.45) is 3.23. The second-order valence-corrected chi connectivity index (χ2v) is 3.12. The van der Waals surface area contributed by atoms with Crippen LogP contribution < -0.4 is 10.2 Å². The van der Waals surface area contributed by atoms with Crippen LogP contribution in [0.2, 0.25) is 0 Å². The van der Waals surface area contributed by atoms with Crippen LogP contribution in [0.3, 0.4) is 0 Å². The van der Waals surface area contributed by atoms with Crippen LogP contribution in [0.1, 0.15) is 20.8 Å². The zero-order chi connectivity index (χ0) is 11.3. The number of hydrogen-bond donors (Lipinski definition) is 1. The van der Waals surface area contributed by atoms with Gasteiger partial charge in [-0.2, -0.15) is 0 Å². The Kier molecular flexibility index (Phi) is 4.03. The highest BCUT2D eigenvalue weighted by atomic mass is 16.1. The van der Waals surface area contributed by atoms with Gasteiger partial charge in [0.1, 0.15) is 5.82 Å². The van der Waals surface area contributed by atoms with Crippen LogP contribution in [0.4, 0.5) is 11.6 Å². The monoisotopic (exact) mass is 208 g/mol. The lowest BCUT2D eigenvalue weighted by Gasteiger charge is -2.19. The highest BCUT2D eigenvalue weighted by Gasteiger charge is 2.05. The third kappa shape index (κ3) is 3.19. The maximum Gasteiger partial charge on any atom is 0.222 e. The van der Waals surface area contributed by atoms with Crippen molar-refractivity contribution < 1.29 is 4.79 Å². The molecule has 0 atom stereocenters. The van der Waals surface area contributed by atoms with Gasteiger partial charge in [-0.1, -0.05) is 0 Å². The lowest BCUT2D eigenvalue weighted by atomic mass is 10.5. The van der Waals surface area contributed by atoms with Crippen molar-refractivity contribution in [2.45, 2.75) is 20.8 Å². The van der Waals surface area contributed by atoms with Crippen LogP contribution in [0.25, 0.3) is 0 Å². The molecule has 0 radical (unpaired) electrons. The van der Waals surface area contributed by atoms with E-state index in [2.05, 4.69) is 34.0 Å². The number of rotatable bonds is 4. The molecule has 5 nitrogen and oxygen atoms in total. The predicted octanol–water partition coefficient (Wildman–Crippen LogP) is 1.28. The summed E-state index contributed by atoms with van der Waals surface area (Å²) >= 11 is 0. The number of hydrogen-bond acceptors (Lipinski definition) is 4. The first-order valence-corrected chi connectivity index (χ1v) is 5.02. The number of carbonyl (C=O) groups is 1. The molecule has 0 aliphatic rings. The van der Waals surface area contributed by atoms with Crippen molar-refractivity contribution in [1.82, 2.24) is 9.97 Å². The van der Waals surface area contributed by atoms with Crippen LogP contribution in [0.5, 0.6) is 0 Å². The quantitative estimate of drug-likeness (QED) is 0.809. The molecule has 1 amide bonds. The summed E-state index contributed by atoms with van der Waals surface area (Å²) in [5.41, 5.74) is 0. The Hall–Kier alpha value is -1.65. The third-order valence-electron chi connectivity index (χ3n) is 2.01. The Morgan fingerprint density at radius 3 is 2.60 bits per heavy atom. The molecule has 1 aromatic heterocycles. The summed E-state index contributed by atoms with van der Waals surface area (Å²) < 4.78 is 0. The largest absolute Gasteiger partial charge is 0.356 e. The van der Waals surface area contributed by atoms with E-state index in [0.717, 1.165) is 18.9 Å². The fraction of sp³-hybridized carbons (Fsp3) is 0.500. The Labute approximate surface area is 89.5 Å². The van der Waals surface area contributed by atoms with Crippen molar-refractivity contribution in [2.75, 3.05) is 23.3 Å². The van der Waals surface area contributed by atoms with Crippen molar-refractivity contribution in [2.24, 2.45) is 0 Å². The smallest absolute Gasteiger partial charge is 0.222 e. The van der Waals surface area contributed by atoms with E-state index in [9.17, 15) is 4.79 Å². The highest BCUT2D eigenvalue weighted by molar-refractivity contribution is 5.87. The van der Waals surface area contributed by atoms with E-state index in [0.29, 0.717) is 5.82 Å². The van der Waals surface area contributed by atoms with Gasteiger partial charge in [0.25, 0.3) is 0 Å². The molecule has 1 aromatic rings. The van der Waals surface area contributed by atoms with Crippen LogP contribution >= 0.6 is 0 Å².